The number of benzene rings is 2. The van der Waals surface area contributed by atoms with E-state index >= 15 is 0 Å². The zero-order valence-corrected chi connectivity index (χ0v) is 22.7. The van der Waals surface area contributed by atoms with E-state index in [1.807, 2.05) is 14.2 Å². The summed E-state index contributed by atoms with van der Waals surface area (Å²) in [6, 6.07) is 18.0. The Labute approximate surface area is 198 Å². The van der Waals surface area contributed by atoms with Gasteiger partial charge in [-0.15, -0.1) is 7.92 Å². The van der Waals surface area contributed by atoms with Gasteiger partial charge in [-0.05, 0) is 83.5 Å². The van der Waals surface area contributed by atoms with Crippen LogP contribution in [-0.4, -0.2) is 62.9 Å². The molecule has 3 nitrogen and oxygen atoms in total. The maximum atomic E-state index is 5.91. The van der Waals surface area contributed by atoms with Crippen molar-refractivity contribution >= 4 is 26.5 Å². The third kappa shape index (κ3) is 5.16. The molecule has 2 aromatic carbocycles. The molecule has 1 saturated carbocycles. The Bertz CT molecular complexity index is 808. The van der Waals surface area contributed by atoms with Crippen molar-refractivity contribution in [3.63, 3.8) is 0 Å². The van der Waals surface area contributed by atoms with Crippen molar-refractivity contribution in [2.24, 2.45) is 5.92 Å². The Morgan fingerprint density at radius 3 is 1.81 bits per heavy atom. The normalized spacial score (nSPS) is 22.0. The lowest BCUT2D eigenvalue weighted by Crippen LogP contribution is -2.40. The maximum absolute atomic E-state index is 5.91. The molecule has 0 heterocycles. The number of hydrogen-bond donors (Lipinski definition) is 0. The lowest BCUT2D eigenvalue weighted by molar-refractivity contribution is 0.232. The SMILES string of the molecule is CCP(CC)C1C([C@@H](C)N(C)C)CCC1P(c1ccccc1OC)c1ccccc1OC. The predicted octanol–water partition coefficient (Wildman–Crippen LogP) is 5.76. The number of rotatable bonds is 10. The zero-order valence-electron chi connectivity index (χ0n) is 20.9. The number of nitrogens with zero attached hydrogens (tertiary/aromatic N) is 1. The second kappa shape index (κ2) is 11.8. The Morgan fingerprint density at radius 1 is 0.875 bits per heavy atom. The molecule has 1 aliphatic rings. The summed E-state index contributed by atoms with van der Waals surface area (Å²) in [6.45, 7) is 7.26. The largest absolute Gasteiger partial charge is 0.496 e. The van der Waals surface area contributed by atoms with E-state index in [2.05, 4.69) is 88.3 Å². The van der Waals surface area contributed by atoms with Crippen molar-refractivity contribution in [3.8, 4) is 11.5 Å². The fourth-order valence-corrected chi connectivity index (χ4v) is 12.5. The van der Waals surface area contributed by atoms with Crippen LogP contribution in [0.5, 0.6) is 11.5 Å². The van der Waals surface area contributed by atoms with Crippen LogP contribution in [0.25, 0.3) is 0 Å². The van der Waals surface area contributed by atoms with Gasteiger partial charge < -0.3 is 14.4 Å². The quantitative estimate of drug-likeness (QED) is 0.410. The molecule has 0 aliphatic heterocycles. The minimum Gasteiger partial charge on any atom is -0.496 e. The summed E-state index contributed by atoms with van der Waals surface area (Å²) in [5.41, 5.74) is 1.41. The van der Waals surface area contributed by atoms with Crippen molar-refractivity contribution in [1.82, 2.24) is 4.90 Å². The molecule has 4 atom stereocenters. The molecule has 176 valence electrons. The van der Waals surface area contributed by atoms with Gasteiger partial charge in [0.25, 0.3) is 0 Å². The Kier molecular flexibility index (Phi) is 9.42. The van der Waals surface area contributed by atoms with Crippen molar-refractivity contribution in [2.75, 3.05) is 40.6 Å². The fraction of sp³-hybridized carbons (Fsp3) is 0.556. The fourth-order valence-electron chi connectivity index (χ4n) is 5.49. The van der Waals surface area contributed by atoms with Gasteiger partial charge in [-0.25, -0.2) is 0 Å². The molecule has 0 amide bonds. The molecule has 0 spiro atoms. The van der Waals surface area contributed by atoms with Gasteiger partial charge in [-0.2, -0.15) is 0 Å². The second-order valence-electron chi connectivity index (χ2n) is 8.94. The lowest BCUT2D eigenvalue weighted by atomic mass is 9.98. The minimum absolute atomic E-state index is 0.0263. The Balaban J connectivity index is 2.18. The molecule has 0 aromatic heterocycles. The molecular weight excluding hydrogens is 432 g/mol. The molecule has 3 unspecified atom stereocenters. The zero-order chi connectivity index (χ0) is 23.3. The molecule has 0 bridgehead atoms. The molecule has 3 rings (SSSR count). The summed E-state index contributed by atoms with van der Waals surface area (Å²) in [4.78, 5) is 2.44. The first-order valence-electron chi connectivity index (χ1n) is 11.9. The maximum Gasteiger partial charge on any atom is 0.126 e. The van der Waals surface area contributed by atoms with Crippen LogP contribution in [0.15, 0.2) is 48.5 Å². The average Bonchev–Trinajstić information content (AvgIpc) is 3.24. The summed E-state index contributed by atoms with van der Waals surface area (Å²) in [7, 11) is 7.48. The van der Waals surface area contributed by atoms with Crippen molar-refractivity contribution in [2.45, 2.75) is 51.0 Å². The summed E-state index contributed by atoms with van der Waals surface area (Å²) >= 11 is 0. The molecule has 1 aliphatic carbocycles. The average molecular weight is 474 g/mol. The highest BCUT2D eigenvalue weighted by Crippen LogP contribution is 2.62. The smallest absolute Gasteiger partial charge is 0.126 e. The van der Waals surface area contributed by atoms with Gasteiger partial charge in [0.1, 0.15) is 11.5 Å². The van der Waals surface area contributed by atoms with E-state index in [1.54, 1.807) is 0 Å². The van der Waals surface area contributed by atoms with Gasteiger partial charge in [0.05, 0.1) is 14.2 Å². The van der Waals surface area contributed by atoms with Crippen LogP contribution in [0.2, 0.25) is 0 Å². The molecular formula is C27H41NO2P2. The predicted molar refractivity (Wildman–Crippen MR) is 144 cm³/mol. The van der Waals surface area contributed by atoms with Crippen molar-refractivity contribution < 1.29 is 9.47 Å². The molecule has 5 heteroatoms. The van der Waals surface area contributed by atoms with E-state index in [4.69, 9.17) is 9.47 Å². The summed E-state index contributed by atoms with van der Waals surface area (Å²) < 4.78 is 11.8. The lowest BCUT2D eigenvalue weighted by Gasteiger charge is -2.40. The van der Waals surface area contributed by atoms with Crippen molar-refractivity contribution in [3.05, 3.63) is 48.5 Å². The first-order chi connectivity index (χ1) is 15.5. The van der Waals surface area contributed by atoms with E-state index < -0.39 is 7.92 Å². The molecule has 0 saturated heterocycles. The summed E-state index contributed by atoms with van der Waals surface area (Å²) in [5, 5.41) is 2.73. The van der Waals surface area contributed by atoms with Crippen molar-refractivity contribution in [1.29, 1.82) is 0 Å². The second-order valence-corrected chi connectivity index (χ2v) is 14.3. The van der Waals surface area contributed by atoms with Crippen LogP contribution >= 0.6 is 15.8 Å². The number of hydrogen-bond acceptors (Lipinski definition) is 3. The van der Waals surface area contributed by atoms with E-state index in [0.717, 1.165) is 23.1 Å². The van der Waals surface area contributed by atoms with E-state index in [0.29, 0.717) is 11.7 Å². The minimum atomic E-state index is -0.611. The highest BCUT2D eigenvalue weighted by Gasteiger charge is 2.47. The Hall–Kier alpha value is -1.14. The van der Waals surface area contributed by atoms with Crippen LogP contribution in [-0.2, 0) is 0 Å². The third-order valence-corrected chi connectivity index (χ3v) is 13.8. The number of methoxy groups -OCH3 is 2. The Morgan fingerprint density at radius 2 is 1.38 bits per heavy atom. The third-order valence-electron chi connectivity index (χ3n) is 7.32. The van der Waals surface area contributed by atoms with Gasteiger partial charge in [-0.1, -0.05) is 50.2 Å². The molecule has 32 heavy (non-hydrogen) atoms. The van der Waals surface area contributed by atoms with Crippen LogP contribution in [0, 0.1) is 5.92 Å². The van der Waals surface area contributed by atoms with E-state index in [-0.39, 0.29) is 7.92 Å². The number of ether oxygens (including phenoxy) is 2. The summed E-state index contributed by atoms with van der Waals surface area (Å²) in [6.07, 6.45) is 5.22. The van der Waals surface area contributed by atoms with Crippen LogP contribution in [0.4, 0.5) is 0 Å². The number of para-hydroxylation sites is 2. The van der Waals surface area contributed by atoms with Gasteiger partial charge in [0.2, 0.25) is 0 Å². The first-order valence-corrected chi connectivity index (χ1v) is 15.1. The molecule has 0 N–H and O–H groups in total. The standard InChI is InChI=1S/C27H41NO2P2/c1-8-31(9-2)27-21(20(3)28(4)5)18-19-26(27)32(24-16-12-10-14-22(24)29-6)25-17-13-11-15-23(25)30-7/h10-17,20-21,26-27H,8-9,18-19H2,1-7H3/t20-,21?,26?,27?/m1/s1. The van der Waals surface area contributed by atoms with Crippen LogP contribution in [0.1, 0.15) is 33.6 Å². The van der Waals surface area contributed by atoms with Gasteiger partial charge in [0.15, 0.2) is 0 Å². The monoisotopic (exact) mass is 473 g/mol. The topological polar surface area (TPSA) is 21.7 Å². The van der Waals surface area contributed by atoms with E-state index in [1.165, 1.54) is 35.8 Å². The molecule has 2 aromatic rings. The summed E-state index contributed by atoms with van der Waals surface area (Å²) in [5.74, 6) is 2.78. The highest BCUT2D eigenvalue weighted by atomic mass is 31.1. The van der Waals surface area contributed by atoms with Gasteiger partial charge in [-0.3, -0.25) is 0 Å². The first kappa shape index (κ1) is 25.5. The van der Waals surface area contributed by atoms with E-state index in [9.17, 15) is 0 Å². The molecule has 1 fully saturated rings. The van der Waals surface area contributed by atoms with Gasteiger partial charge in [0, 0.05) is 16.7 Å². The van der Waals surface area contributed by atoms with Gasteiger partial charge >= 0.3 is 0 Å². The highest BCUT2D eigenvalue weighted by molar-refractivity contribution is 7.75. The van der Waals surface area contributed by atoms with Crippen LogP contribution in [0.3, 0.4) is 0 Å². The van der Waals surface area contributed by atoms with Crippen LogP contribution < -0.4 is 20.1 Å². The molecule has 0 radical (unpaired) electrons.